The quantitative estimate of drug-likeness (QED) is 0.805. The predicted octanol–water partition coefficient (Wildman–Crippen LogP) is 1.18. The van der Waals surface area contributed by atoms with Crippen molar-refractivity contribution >= 4 is 11.9 Å². The van der Waals surface area contributed by atoms with E-state index in [1.54, 1.807) is 6.92 Å². The number of aromatic nitrogens is 2. The highest BCUT2D eigenvalue weighted by atomic mass is 16.5. The van der Waals surface area contributed by atoms with Gasteiger partial charge in [0.15, 0.2) is 5.82 Å². The number of carbonyl (C=O) groups excluding carboxylic acids is 2. The fourth-order valence-electron chi connectivity index (χ4n) is 3.34. The third kappa shape index (κ3) is 3.15. The van der Waals surface area contributed by atoms with E-state index in [0.717, 1.165) is 19.4 Å². The highest BCUT2D eigenvalue weighted by Crippen LogP contribution is 2.30. The summed E-state index contributed by atoms with van der Waals surface area (Å²) >= 11 is 0. The molecule has 0 spiro atoms. The van der Waals surface area contributed by atoms with Gasteiger partial charge in [0.1, 0.15) is 5.54 Å². The summed E-state index contributed by atoms with van der Waals surface area (Å²) in [4.78, 5) is 30.3. The van der Waals surface area contributed by atoms with Gasteiger partial charge in [-0.25, -0.2) is 4.79 Å². The minimum atomic E-state index is -0.844. The van der Waals surface area contributed by atoms with E-state index >= 15 is 0 Å². The van der Waals surface area contributed by atoms with Crippen molar-refractivity contribution in [3.05, 3.63) is 11.7 Å². The van der Waals surface area contributed by atoms with Gasteiger partial charge >= 0.3 is 6.03 Å². The van der Waals surface area contributed by atoms with Gasteiger partial charge in [0.05, 0.1) is 6.54 Å². The van der Waals surface area contributed by atoms with Gasteiger partial charge in [-0.15, -0.1) is 0 Å². The van der Waals surface area contributed by atoms with E-state index in [2.05, 4.69) is 25.7 Å². The molecule has 1 aromatic heterocycles. The van der Waals surface area contributed by atoms with Gasteiger partial charge in [-0.3, -0.25) is 15.0 Å². The van der Waals surface area contributed by atoms with Crippen LogP contribution in [0.3, 0.4) is 0 Å². The number of likely N-dealkylation sites (tertiary alicyclic amines) is 1. The molecule has 2 saturated heterocycles. The van der Waals surface area contributed by atoms with Crippen LogP contribution >= 0.6 is 0 Å². The monoisotopic (exact) mass is 335 g/mol. The van der Waals surface area contributed by atoms with Crippen LogP contribution < -0.4 is 10.6 Å². The molecule has 0 bridgehead atoms. The second-order valence-corrected chi connectivity index (χ2v) is 7.95. The second-order valence-electron chi connectivity index (χ2n) is 7.95. The molecular formula is C16H25N5O3. The minimum absolute atomic E-state index is 0.0617. The molecule has 0 aromatic carbocycles. The summed E-state index contributed by atoms with van der Waals surface area (Å²) in [7, 11) is 0. The van der Waals surface area contributed by atoms with Gasteiger partial charge in [-0.05, 0) is 26.3 Å². The average molecular weight is 335 g/mol. The van der Waals surface area contributed by atoms with Crippen LogP contribution in [-0.4, -0.2) is 45.6 Å². The lowest BCUT2D eigenvalue weighted by molar-refractivity contribution is -0.126. The fraction of sp³-hybridized carbons (Fsp3) is 0.750. The number of nitrogens with one attached hydrogen (secondary N) is 2. The van der Waals surface area contributed by atoms with E-state index in [1.165, 1.54) is 0 Å². The lowest BCUT2D eigenvalue weighted by Crippen LogP contribution is -2.55. The van der Waals surface area contributed by atoms with E-state index in [0.29, 0.717) is 24.8 Å². The zero-order valence-corrected chi connectivity index (χ0v) is 14.7. The van der Waals surface area contributed by atoms with Gasteiger partial charge < -0.3 is 9.84 Å². The van der Waals surface area contributed by atoms with E-state index in [4.69, 9.17) is 4.52 Å². The molecule has 1 aromatic rings. The molecule has 8 heteroatoms. The Kier molecular flexibility index (Phi) is 4.11. The first kappa shape index (κ1) is 16.9. The van der Waals surface area contributed by atoms with E-state index in [-0.39, 0.29) is 17.2 Å². The Morgan fingerprint density at radius 2 is 2.12 bits per heavy atom. The number of hydrogen-bond acceptors (Lipinski definition) is 6. The van der Waals surface area contributed by atoms with Gasteiger partial charge in [0, 0.05) is 17.9 Å². The third-order valence-electron chi connectivity index (χ3n) is 4.87. The average Bonchev–Trinajstić information content (AvgIpc) is 3.05. The van der Waals surface area contributed by atoms with Gasteiger partial charge in [-0.2, -0.15) is 4.98 Å². The normalized spacial score (nSPS) is 28.8. The van der Waals surface area contributed by atoms with Crippen LogP contribution in [0, 0.1) is 5.92 Å². The first-order valence-electron chi connectivity index (χ1n) is 8.37. The molecule has 24 heavy (non-hydrogen) atoms. The van der Waals surface area contributed by atoms with Gasteiger partial charge in [0.2, 0.25) is 5.89 Å². The highest BCUT2D eigenvalue weighted by molar-refractivity contribution is 6.06. The number of hydrogen-bond donors (Lipinski definition) is 2. The summed E-state index contributed by atoms with van der Waals surface area (Å²) in [6.45, 7) is 10.1. The lowest BCUT2D eigenvalue weighted by Gasteiger charge is -2.39. The van der Waals surface area contributed by atoms with Crippen LogP contribution in [0.15, 0.2) is 4.52 Å². The molecular weight excluding hydrogens is 310 g/mol. The van der Waals surface area contributed by atoms with E-state index < -0.39 is 11.6 Å². The van der Waals surface area contributed by atoms with Crippen LogP contribution in [0.25, 0.3) is 0 Å². The molecule has 8 nitrogen and oxygen atoms in total. The Morgan fingerprint density at radius 3 is 2.71 bits per heavy atom. The Bertz CT molecular complexity index is 650. The maximum absolute atomic E-state index is 12.1. The highest BCUT2D eigenvalue weighted by Gasteiger charge is 2.48. The molecule has 2 atom stereocenters. The van der Waals surface area contributed by atoms with E-state index in [1.807, 2.05) is 20.8 Å². The molecule has 0 unspecified atom stereocenters. The van der Waals surface area contributed by atoms with Crippen molar-refractivity contribution in [3.63, 3.8) is 0 Å². The van der Waals surface area contributed by atoms with Crippen molar-refractivity contribution < 1.29 is 14.1 Å². The SMILES string of the molecule is CC(C)(C)c1nc(CN2CCC[C@H]([C@]3(C)NC(=O)NC3=O)C2)no1. The molecule has 2 aliphatic rings. The molecule has 0 radical (unpaired) electrons. The van der Waals surface area contributed by atoms with Crippen LogP contribution in [-0.2, 0) is 16.8 Å². The molecule has 132 valence electrons. The Labute approximate surface area is 141 Å². The number of nitrogens with zero attached hydrogens (tertiary/aromatic N) is 3. The second kappa shape index (κ2) is 5.84. The van der Waals surface area contributed by atoms with Crippen molar-refractivity contribution in [1.82, 2.24) is 25.7 Å². The maximum Gasteiger partial charge on any atom is 0.322 e. The summed E-state index contributed by atoms with van der Waals surface area (Å²) in [5.74, 6) is 1.10. The standard InChI is InChI=1S/C16H25N5O3/c1-15(2,3)13-17-11(20-24-13)9-21-7-5-6-10(8-21)16(4)12(22)18-14(23)19-16/h10H,5-9H2,1-4H3,(H2,18,19,22,23)/t10-,16-/m0/s1. The maximum atomic E-state index is 12.1. The number of amides is 3. The number of urea groups is 1. The number of piperidine rings is 1. The van der Waals surface area contributed by atoms with Crippen LogP contribution in [0.4, 0.5) is 4.79 Å². The summed E-state index contributed by atoms with van der Waals surface area (Å²) < 4.78 is 5.34. The summed E-state index contributed by atoms with van der Waals surface area (Å²) in [6.07, 6.45) is 1.87. The number of imide groups is 1. The minimum Gasteiger partial charge on any atom is -0.339 e. The molecule has 3 rings (SSSR count). The Morgan fingerprint density at radius 1 is 1.38 bits per heavy atom. The largest absolute Gasteiger partial charge is 0.339 e. The van der Waals surface area contributed by atoms with Crippen molar-refractivity contribution in [1.29, 1.82) is 0 Å². The van der Waals surface area contributed by atoms with Gasteiger partial charge in [0.25, 0.3) is 5.91 Å². The summed E-state index contributed by atoms with van der Waals surface area (Å²) in [5.41, 5.74) is -1.01. The van der Waals surface area contributed by atoms with Gasteiger partial charge in [-0.1, -0.05) is 25.9 Å². The topological polar surface area (TPSA) is 100 Å². The molecule has 2 aliphatic heterocycles. The van der Waals surface area contributed by atoms with Crippen LogP contribution in [0.1, 0.15) is 52.3 Å². The molecule has 3 amide bonds. The number of carbonyl (C=O) groups is 2. The first-order chi connectivity index (χ1) is 11.2. The van der Waals surface area contributed by atoms with Crippen molar-refractivity contribution in [2.24, 2.45) is 5.92 Å². The molecule has 2 N–H and O–H groups in total. The van der Waals surface area contributed by atoms with Crippen molar-refractivity contribution in [2.75, 3.05) is 13.1 Å². The van der Waals surface area contributed by atoms with Crippen molar-refractivity contribution in [2.45, 2.75) is 58.0 Å². The summed E-state index contributed by atoms with van der Waals surface area (Å²) in [5, 5.41) is 9.19. The smallest absolute Gasteiger partial charge is 0.322 e. The Balaban J connectivity index is 1.67. The predicted molar refractivity (Wildman–Crippen MR) is 86.1 cm³/mol. The lowest BCUT2D eigenvalue weighted by atomic mass is 9.80. The van der Waals surface area contributed by atoms with E-state index in [9.17, 15) is 9.59 Å². The molecule has 2 fully saturated rings. The van der Waals surface area contributed by atoms with Crippen LogP contribution in [0.5, 0.6) is 0 Å². The molecule has 0 saturated carbocycles. The van der Waals surface area contributed by atoms with Crippen molar-refractivity contribution in [3.8, 4) is 0 Å². The Hall–Kier alpha value is -1.96. The summed E-state index contributed by atoms with van der Waals surface area (Å²) in [6, 6.07) is -0.410. The number of rotatable bonds is 3. The third-order valence-corrected chi connectivity index (χ3v) is 4.87. The first-order valence-corrected chi connectivity index (χ1v) is 8.37. The van der Waals surface area contributed by atoms with Crippen LogP contribution in [0.2, 0.25) is 0 Å². The zero-order chi connectivity index (χ0) is 17.5. The fourth-order valence-corrected chi connectivity index (χ4v) is 3.34. The molecule has 0 aliphatic carbocycles. The molecule has 3 heterocycles. The zero-order valence-electron chi connectivity index (χ0n) is 14.7.